The maximum absolute atomic E-state index is 13.0. The first-order valence-electron chi connectivity index (χ1n) is 10.1. The molecule has 0 radical (unpaired) electrons. The van der Waals surface area contributed by atoms with E-state index in [0.717, 1.165) is 27.7 Å². The Morgan fingerprint density at radius 3 is 2.45 bits per heavy atom. The van der Waals surface area contributed by atoms with E-state index in [-0.39, 0.29) is 5.91 Å². The molecule has 31 heavy (non-hydrogen) atoms. The highest BCUT2D eigenvalue weighted by atomic mass is 16.5. The van der Waals surface area contributed by atoms with E-state index >= 15 is 0 Å². The van der Waals surface area contributed by atoms with Crippen molar-refractivity contribution in [3.8, 4) is 22.8 Å². The maximum Gasteiger partial charge on any atom is 0.244 e. The summed E-state index contributed by atoms with van der Waals surface area (Å²) in [5, 5.41) is 8.83. The summed E-state index contributed by atoms with van der Waals surface area (Å²) in [6.45, 7) is 2.18. The number of carbonyl (C=O) groups excluding carboxylic acids is 1. The number of hydrogen-bond acceptors (Lipinski definition) is 4. The Labute approximate surface area is 181 Å². The molecule has 1 amide bonds. The molecule has 4 rings (SSSR count). The second kappa shape index (κ2) is 8.92. The van der Waals surface area contributed by atoms with Crippen LogP contribution in [0.1, 0.15) is 18.5 Å². The summed E-state index contributed by atoms with van der Waals surface area (Å²) in [6, 6.07) is 23.1. The van der Waals surface area contributed by atoms with E-state index < -0.39 is 6.04 Å². The molecule has 1 atom stereocenters. The molecule has 0 unspecified atom stereocenters. The summed E-state index contributed by atoms with van der Waals surface area (Å²) in [5.74, 6) is 1.12. The van der Waals surface area contributed by atoms with Gasteiger partial charge in [0, 0.05) is 23.1 Å². The molecule has 1 heterocycles. The van der Waals surface area contributed by atoms with Crippen molar-refractivity contribution in [2.75, 3.05) is 14.2 Å². The van der Waals surface area contributed by atoms with Crippen molar-refractivity contribution in [2.45, 2.75) is 19.5 Å². The van der Waals surface area contributed by atoms with E-state index in [4.69, 9.17) is 14.6 Å². The summed E-state index contributed by atoms with van der Waals surface area (Å²) >= 11 is 0. The number of nitrogens with one attached hydrogen (secondary N) is 1. The molecule has 6 nitrogen and oxygen atoms in total. The first-order chi connectivity index (χ1) is 15.1. The van der Waals surface area contributed by atoms with Crippen LogP contribution in [0.2, 0.25) is 0 Å². The fourth-order valence-corrected chi connectivity index (χ4v) is 3.73. The fourth-order valence-electron chi connectivity index (χ4n) is 3.73. The Kier molecular flexibility index (Phi) is 5.89. The van der Waals surface area contributed by atoms with Gasteiger partial charge in [-0.2, -0.15) is 5.10 Å². The van der Waals surface area contributed by atoms with Gasteiger partial charge in [0.05, 0.1) is 19.7 Å². The number of benzene rings is 3. The Morgan fingerprint density at radius 2 is 1.71 bits per heavy atom. The standard InChI is InChI=1S/C25H25N3O3/c1-17(25(29)26-16-19-12-9-15-22(30-2)24(19)31-3)28-21-14-8-7-13-20(21)23(27-28)18-10-5-4-6-11-18/h4-15,17H,16H2,1-3H3,(H,26,29)/t17-/m1/s1. The summed E-state index contributed by atoms with van der Waals surface area (Å²) in [5.41, 5.74) is 3.65. The zero-order valence-electron chi connectivity index (χ0n) is 17.8. The molecule has 0 saturated carbocycles. The average molecular weight is 415 g/mol. The number of fused-ring (bicyclic) bond motifs is 1. The number of nitrogens with zero attached hydrogens (tertiary/aromatic N) is 2. The molecule has 0 saturated heterocycles. The summed E-state index contributed by atoms with van der Waals surface area (Å²) in [6.07, 6.45) is 0. The van der Waals surface area contributed by atoms with Gasteiger partial charge in [0.2, 0.25) is 5.91 Å². The van der Waals surface area contributed by atoms with Gasteiger partial charge >= 0.3 is 0 Å². The molecule has 1 N–H and O–H groups in total. The van der Waals surface area contributed by atoms with Gasteiger partial charge in [0.15, 0.2) is 11.5 Å². The zero-order chi connectivity index (χ0) is 21.8. The maximum atomic E-state index is 13.0. The van der Waals surface area contributed by atoms with Crippen LogP contribution in [0, 0.1) is 0 Å². The lowest BCUT2D eigenvalue weighted by molar-refractivity contribution is -0.124. The highest BCUT2D eigenvalue weighted by Crippen LogP contribution is 2.31. The van der Waals surface area contributed by atoms with E-state index in [9.17, 15) is 4.79 Å². The second-order valence-corrected chi connectivity index (χ2v) is 7.22. The van der Waals surface area contributed by atoms with E-state index in [1.165, 1.54) is 0 Å². The van der Waals surface area contributed by atoms with Gasteiger partial charge in [-0.15, -0.1) is 0 Å². The van der Waals surface area contributed by atoms with Crippen molar-refractivity contribution in [1.29, 1.82) is 0 Å². The van der Waals surface area contributed by atoms with Crippen molar-refractivity contribution in [3.63, 3.8) is 0 Å². The van der Waals surface area contributed by atoms with Crippen LogP contribution in [-0.2, 0) is 11.3 Å². The van der Waals surface area contributed by atoms with Gasteiger partial charge in [-0.3, -0.25) is 9.48 Å². The lowest BCUT2D eigenvalue weighted by atomic mass is 10.1. The monoisotopic (exact) mass is 415 g/mol. The van der Waals surface area contributed by atoms with Crippen LogP contribution in [0.4, 0.5) is 0 Å². The van der Waals surface area contributed by atoms with Crippen molar-refractivity contribution < 1.29 is 14.3 Å². The minimum absolute atomic E-state index is 0.127. The second-order valence-electron chi connectivity index (χ2n) is 7.22. The lowest BCUT2D eigenvalue weighted by Crippen LogP contribution is -2.31. The van der Waals surface area contributed by atoms with Gasteiger partial charge in [0.1, 0.15) is 11.7 Å². The van der Waals surface area contributed by atoms with Crippen LogP contribution in [0.25, 0.3) is 22.2 Å². The number of rotatable bonds is 7. The van der Waals surface area contributed by atoms with Gasteiger partial charge in [-0.05, 0) is 19.1 Å². The fraction of sp³-hybridized carbons (Fsp3) is 0.200. The lowest BCUT2D eigenvalue weighted by Gasteiger charge is -2.16. The SMILES string of the molecule is COc1cccc(CNC(=O)[C@@H](C)n2nc(-c3ccccc3)c3ccccc32)c1OC. The predicted molar refractivity (Wildman–Crippen MR) is 121 cm³/mol. The highest BCUT2D eigenvalue weighted by Gasteiger charge is 2.21. The Bertz CT molecular complexity index is 1200. The minimum Gasteiger partial charge on any atom is -0.493 e. The summed E-state index contributed by atoms with van der Waals surface area (Å²) in [4.78, 5) is 13.0. The van der Waals surface area contributed by atoms with Crippen LogP contribution in [0.15, 0.2) is 72.8 Å². The van der Waals surface area contributed by atoms with Gasteiger partial charge in [-0.1, -0.05) is 60.7 Å². The van der Waals surface area contributed by atoms with Gasteiger partial charge in [0.25, 0.3) is 0 Å². The van der Waals surface area contributed by atoms with Crippen LogP contribution < -0.4 is 14.8 Å². The first kappa shape index (κ1) is 20.5. The van der Waals surface area contributed by atoms with Crippen LogP contribution in [-0.4, -0.2) is 29.9 Å². The third kappa shape index (κ3) is 3.97. The average Bonchev–Trinajstić information content (AvgIpc) is 3.22. The number of carbonyl (C=O) groups is 1. The number of hydrogen-bond donors (Lipinski definition) is 1. The van der Waals surface area contributed by atoms with E-state index in [1.807, 2.05) is 79.7 Å². The molecule has 4 aromatic rings. The van der Waals surface area contributed by atoms with Gasteiger partial charge in [-0.25, -0.2) is 0 Å². The number of amides is 1. The van der Waals surface area contributed by atoms with E-state index in [2.05, 4.69) is 5.32 Å². The number of methoxy groups -OCH3 is 2. The Hall–Kier alpha value is -3.80. The van der Waals surface area contributed by atoms with Crippen molar-refractivity contribution in [1.82, 2.24) is 15.1 Å². The van der Waals surface area contributed by atoms with Crippen LogP contribution in [0.3, 0.4) is 0 Å². The quantitative estimate of drug-likeness (QED) is 0.479. The molecule has 158 valence electrons. The molecule has 0 aliphatic rings. The van der Waals surface area contributed by atoms with Crippen LogP contribution >= 0.6 is 0 Å². The molecule has 1 aromatic heterocycles. The van der Waals surface area contributed by atoms with Crippen LogP contribution in [0.5, 0.6) is 11.5 Å². The molecule has 6 heteroatoms. The Balaban J connectivity index is 1.60. The van der Waals surface area contributed by atoms with Crippen molar-refractivity contribution in [3.05, 3.63) is 78.4 Å². The largest absolute Gasteiger partial charge is 0.493 e. The zero-order valence-corrected chi connectivity index (χ0v) is 17.8. The van der Waals surface area contributed by atoms with Gasteiger partial charge < -0.3 is 14.8 Å². The summed E-state index contributed by atoms with van der Waals surface area (Å²) in [7, 11) is 3.18. The first-order valence-corrected chi connectivity index (χ1v) is 10.1. The minimum atomic E-state index is -0.487. The molecular weight excluding hydrogens is 390 g/mol. The molecule has 0 fully saturated rings. The van der Waals surface area contributed by atoms with Crippen molar-refractivity contribution in [2.24, 2.45) is 0 Å². The molecular formula is C25H25N3O3. The van der Waals surface area contributed by atoms with E-state index in [1.54, 1.807) is 18.9 Å². The number of para-hydroxylation sites is 2. The Morgan fingerprint density at radius 1 is 0.968 bits per heavy atom. The molecule has 3 aromatic carbocycles. The third-order valence-electron chi connectivity index (χ3n) is 5.34. The number of aromatic nitrogens is 2. The van der Waals surface area contributed by atoms with Crippen molar-refractivity contribution >= 4 is 16.8 Å². The predicted octanol–water partition coefficient (Wildman–Crippen LogP) is 4.60. The molecule has 0 spiro atoms. The summed E-state index contributed by atoms with van der Waals surface area (Å²) < 4.78 is 12.6. The normalized spacial score (nSPS) is 11.8. The highest BCUT2D eigenvalue weighted by molar-refractivity contribution is 5.94. The van der Waals surface area contributed by atoms with E-state index in [0.29, 0.717) is 18.0 Å². The smallest absolute Gasteiger partial charge is 0.244 e. The molecule has 0 aliphatic carbocycles. The topological polar surface area (TPSA) is 65.4 Å². The molecule has 0 bridgehead atoms. The third-order valence-corrected chi connectivity index (χ3v) is 5.34. The number of ether oxygens (including phenoxy) is 2. The molecule has 0 aliphatic heterocycles.